The Hall–Kier alpha value is -3.73. The Balaban J connectivity index is 1.72. The molecule has 0 radical (unpaired) electrons. The van der Waals surface area contributed by atoms with E-state index in [1.54, 1.807) is 12.4 Å². The van der Waals surface area contributed by atoms with Crippen molar-refractivity contribution in [1.82, 2.24) is 4.98 Å². The molecule has 0 saturated heterocycles. The van der Waals surface area contributed by atoms with Crippen LogP contribution in [0.1, 0.15) is 42.4 Å². The number of benzene rings is 2. The Bertz CT molecular complexity index is 1030. The summed E-state index contributed by atoms with van der Waals surface area (Å²) in [5, 5.41) is 11.9. The van der Waals surface area contributed by atoms with E-state index < -0.39 is 5.97 Å². The van der Waals surface area contributed by atoms with Gasteiger partial charge in [-0.05, 0) is 54.2 Å². The van der Waals surface area contributed by atoms with Crippen LogP contribution in [0.2, 0.25) is 0 Å². The number of carbonyl (C=O) groups excluding carboxylic acids is 1. The van der Waals surface area contributed by atoms with Crippen molar-refractivity contribution in [2.45, 2.75) is 32.1 Å². The molecule has 158 valence electrons. The normalized spacial score (nSPS) is 11.2. The van der Waals surface area contributed by atoms with Crippen LogP contribution in [0, 0.1) is 0 Å². The first kappa shape index (κ1) is 22.0. The number of hydrogen-bond donors (Lipinski definition) is 2. The fraction of sp³-hybridized carbons (Fsp3) is 0.192. The standard InChI is InChI=1S/C26H26N2O3/c29-25(16-15-20-8-2-1-3-9-20)28-23-12-6-10-21(18-23)24(13-4-5-14-26(30)31)22-11-7-17-27-19-22/h1-3,6-13,17-19H,4-5,14-16H2,(H,28,29)(H,30,31)/b24-13-. The Morgan fingerprint density at radius 2 is 1.74 bits per heavy atom. The molecule has 0 atom stereocenters. The van der Waals surface area contributed by atoms with Gasteiger partial charge in [-0.15, -0.1) is 0 Å². The number of allylic oxidation sites excluding steroid dienone is 1. The van der Waals surface area contributed by atoms with E-state index in [0.29, 0.717) is 25.7 Å². The van der Waals surface area contributed by atoms with Crippen molar-refractivity contribution >= 4 is 23.1 Å². The molecule has 5 nitrogen and oxygen atoms in total. The summed E-state index contributed by atoms with van der Waals surface area (Å²) in [6, 6.07) is 21.5. The maximum Gasteiger partial charge on any atom is 0.303 e. The third-order valence-electron chi connectivity index (χ3n) is 4.86. The maximum atomic E-state index is 12.4. The van der Waals surface area contributed by atoms with E-state index in [0.717, 1.165) is 28.0 Å². The lowest BCUT2D eigenvalue weighted by Gasteiger charge is -2.11. The maximum absolute atomic E-state index is 12.4. The lowest BCUT2D eigenvalue weighted by atomic mass is 9.97. The number of unbranched alkanes of at least 4 members (excludes halogenated alkanes) is 1. The molecule has 0 bridgehead atoms. The highest BCUT2D eigenvalue weighted by molar-refractivity contribution is 5.92. The van der Waals surface area contributed by atoms with Crippen LogP contribution in [0.4, 0.5) is 5.69 Å². The summed E-state index contributed by atoms with van der Waals surface area (Å²) >= 11 is 0. The van der Waals surface area contributed by atoms with E-state index in [4.69, 9.17) is 5.11 Å². The molecule has 1 heterocycles. The van der Waals surface area contributed by atoms with E-state index in [1.165, 1.54) is 0 Å². The van der Waals surface area contributed by atoms with Crippen LogP contribution in [-0.4, -0.2) is 22.0 Å². The first-order valence-corrected chi connectivity index (χ1v) is 10.4. The monoisotopic (exact) mass is 414 g/mol. The molecule has 0 fully saturated rings. The van der Waals surface area contributed by atoms with Crippen molar-refractivity contribution in [2.75, 3.05) is 5.32 Å². The first-order chi connectivity index (χ1) is 15.1. The minimum absolute atomic E-state index is 0.0330. The number of aryl methyl sites for hydroxylation is 1. The number of carboxylic acid groups (broad SMARTS) is 1. The number of hydrogen-bond acceptors (Lipinski definition) is 3. The zero-order chi connectivity index (χ0) is 21.9. The molecule has 0 aliphatic rings. The number of carbonyl (C=O) groups is 2. The third-order valence-corrected chi connectivity index (χ3v) is 4.86. The van der Waals surface area contributed by atoms with Crippen LogP contribution >= 0.6 is 0 Å². The topological polar surface area (TPSA) is 79.3 Å². The molecule has 5 heteroatoms. The van der Waals surface area contributed by atoms with Crippen molar-refractivity contribution in [1.29, 1.82) is 0 Å². The lowest BCUT2D eigenvalue weighted by Crippen LogP contribution is -2.12. The number of nitrogens with zero attached hydrogens (tertiary/aromatic N) is 1. The van der Waals surface area contributed by atoms with Gasteiger partial charge in [0, 0.05) is 36.5 Å². The molecule has 31 heavy (non-hydrogen) atoms. The summed E-state index contributed by atoms with van der Waals surface area (Å²) in [6.45, 7) is 0. The van der Waals surface area contributed by atoms with E-state index in [1.807, 2.05) is 72.8 Å². The van der Waals surface area contributed by atoms with Gasteiger partial charge in [0.1, 0.15) is 0 Å². The molecule has 0 unspecified atom stereocenters. The van der Waals surface area contributed by atoms with Crippen molar-refractivity contribution in [3.63, 3.8) is 0 Å². The van der Waals surface area contributed by atoms with E-state index in [2.05, 4.69) is 10.3 Å². The molecule has 1 amide bonds. The zero-order valence-electron chi connectivity index (χ0n) is 17.3. The summed E-state index contributed by atoms with van der Waals surface area (Å²) < 4.78 is 0. The number of nitrogens with one attached hydrogen (secondary N) is 1. The second-order valence-corrected chi connectivity index (χ2v) is 7.26. The Morgan fingerprint density at radius 3 is 2.48 bits per heavy atom. The SMILES string of the molecule is O=C(O)CCC/C=C(\c1cccnc1)c1cccc(NC(=O)CCc2ccccc2)c1. The van der Waals surface area contributed by atoms with Crippen molar-refractivity contribution < 1.29 is 14.7 Å². The number of amides is 1. The molecule has 2 N–H and O–H groups in total. The van der Waals surface area contributed by atoms with Crippen LogP contribution in [0.5, 0.6) is 0 Å². The number of rotatable bonds is 10. The second kappa shape index (κ2) is 11.5. The summed E-state index contributed by atoms with van der Waals surface area (Å²) in [5.74, 6) is -0.828. The van der Waals surface area contributed by atoms with Crippen molar-refractivity contribution in [3.05, 3.63) is 102 Å². The average Bonchev–Trinajstić information content (AvgIpc) is 2.79. The minimum Gasteiger partial charge on any atom is -0.481 e. The number of carboxylic acids is 1. The quantitative estimate of drug-likeness (QED) is 0.439. The number of anilines is 1. The van der Waals surface area contributed by atoms with Gasteiger partial charge in [-0.2, -0.15) is 0 Å². The van der Waals surface area contributed by atoms with Crippen molar-refractivity contribution in [2.24, 2.45) is 0 Å². The van der Waals surface area contributed by atoms with Gasteiger partial charge in [0.2, 0.25) is 5.91 Å². The number of aliphatic carboxylic acids is 1. The van der Waals surface area contributed by atoms with Gasteiger partial charge < -0.3 is 10.4 Å². The van der Waals surface area contributed by atoms with Crippen LogP contribution < -0.4 is 5.32 Å². The second-order valence-electron chi connectivity index (χ2n) is 7.26. The predicted molar refractivity (Wildman–Crippen MR) is 123 cm³/mol. The molecule has 0 spiro atoms. The van der Waals surface area contributed by atoms with Crippen LogP contribution in [0.15, 0.2) is 85.2 Å². The van der Waals surface area contributed by atoms with Crippen LogP contribution in [-0.2, 0) is 16.0 Å². The molecule has 0 aliphatic carbocycles. The summed E-state index contributed by atoms with van der Waals surface area (Å²) in [6.07, 6.45) is 7.98. The first-order valence-electron chi connectivity index (χ1n) is 10.4. The van der Waals surface area contributed by atoms with Gasteiger partial charge in [0.15, 0.2) is 0 Å². The van der Waals surface area contributed by atoms with Gasteiger partial charge in [-0.25, -0.2) is 0 Å². The minimum atomic E-state index is -0.795. The average molecular weight is 415 g/mol. The summed E-state index contributed by atoms with van der Waals surface area (Å²) in [5.41, 5.74) is 4.74. The highest BCUT2D eigenvalue weighted by Gasteiger charge is 2.09. The molecule has 0 saturated carbocycles. The fourth-order valence-electron chi connectivity index (χ4n) is 3.31. The smallest absolute Gasteiger partial charge is 0.303 e. The van der Waals surface area contributed by atoms with Crippen molar-refractivity contribution in [3.8, 4) is 0 Å². The molecule has 2 aromatic carbocycles. The Kier molecular flexibility index (Phi) is 8.12. The fourth-order valence-corrected chi connectivity index (χ4v) is 3.31. The summed E-state index contributed by atoms with van der Waals surface area (Å²) in [4.78, 5) is 27.4. The van der Waals surface area contributed by atoms with Gasteiger partial charge in [-0.1, -0.05) is 54.6 Å². The van der Waals surface area contributed by atoms with Gasteiger partial charge in [0.25, 0.3) is 0 Å². The van der Waals surface area contributed by atoms with Crippen LogP contribution in [0.3, 0.4) is 0 Å². The van der Waals surface area contributed by atoms with Gasteiger partial charge >= 0.3 is 5.97 Å². The summed E-state index contributed by atoms with van der Waals surface area (Å²) in [7, 11) is 0. The van der Waals surface area contributed by atoms with E-state index in [-0.39, 0.29) is 12.3 Å². The highest BCUT2D eigenvalue weighted by Crippen LogP contribution is 2.26. The number of pyridine rings is 1. The Morgan fingerprint density at radius 1 is 0.935 bits per heavy atom. The molecule has 3 aromatic rings. The van der Waals surface area contributed by atoms with Gasteiger partial charge in [0.05, 0.1) is 0 Å². The van der Waals surface area contributed by atoms with Crippen LogP contribution in [0.25, 0.3) is 5.57 Å². The van der Waals surface area contributed by atoms with Gasteiger partial charge in [-0.3, -0.25) is 14.6 Å². The Labute approximate surface area is 182 Å². The lowest BCUT2D eigenvalue weighted by molar-refractivity contribution is -0.137. The molecule has 0 aliphatic heterocycles. The molecule has 3 rings (SSSR count). The predicted octanol–water partition coefficient (Wildman–Crippen LogP) is 5.34. The molecule has 1 aromatic heterocycles. The van der Waals surface area contributed by atoms with E-state index >= 15 is 0 Å². The molecular formula is C26H26N2O3. The van der Waals surface area contributed by atoms with E-state index in [9.17, 15) is 9.59 Å². The largest absolute Gasteiger partial charge is 0.481 e. The zero-order valence-corrected chi connectivity index (χ0v) is 17.3. The molecular weight excluding hydrogens is 388 g/mol. The third kappa shape index (κ3) is 7.23. The highest BCUT2D eigenvalue weighted by atomic mass is 16.4. The number of aromatic nitrogens is 1.